The molecule has 0 bridgehead atoms. The van der Waals surface area contributed by atoms with E-state index in [0.29, 0.717) is 11.6 Å². The predicted molar refractivity (Wildman–Crippen MR) is 37.1 cm³/mol. The van der Waals surface area contributed by atoms with Gasteiger partial charge in [-0.05, 0) is 11.6 Å². The van der Waals surface area contributed by atoms with Crippen molar-refractivity contribution in [2.45, 2.75) is 12.6 Å². The number of hydrogen-bond acceptors (Lipinski definition) is 0. The van der Waals surface area contributed by atoms with Crippen molar-refractivity contribution < 1.29 is 17.6 Å². The van der Waals surface area contributed by atoms with Crippen LogP contribution in [0.2, 0.25) is 0 Å². The third-order valence-electron chi connectivity index (χ3n) is 1.47. The van der Waals surface area contributed by atoms with Gasteiger partial charge in [-0.1, -0.05) is 12.7 Å². The maximum atomic E-state index is 12.6. The second-order valence-electron chi connectivity index (χ2n) is 2.48. The Balaban J connectivity index is 3.00. The van der Waals surface area contributed by atoms with Gasteiger partial charge in [-0.25, -0.2) is 4.39 Å². The molecule has 0 aromatic carbocycles. The standard InChI is InChI=1S/C8H6F4/c1-5-2-3-6(7(9)4-5)8(10,11)12/h2-3H,1,4H2. The Hall–Kier alpha value is -1.06. The Morgan fingerprint density at radius 3 is 2.25 bits per heavy atom. The van der Waals surface area contributed by atoms with Crippen LogP contribution in [0.5, 0.6) is 0 Å². The van der Waals surface area contributed by atoms with Gasteiger partial charge >= 0.3 is 6.18 Å². The highest BCUT2D eigenvalue weighted by atomic mass is 19.4. The molecule has 0 radical (unpaired) electrons. The van der Waals surface area contributed by atoms with E-state index in [9.17, 15) is 17.6 Å². The van der Waals surface area contributed by atoms with E-state index in [1.54, 1.807) is 0 Å². The van der Waals surface area contributed by atoms with Gasteiger partial charge in [-0.15, -0.1) is 0 Å². The molecule has 0 nitrogen and oxygen atoms in total. The summed E-state index contributed by atoms with van der Waals surface area (Å²) in [5, 5.41) is 0. The summed E-state index contributed by atoms with van der Waals surface area (Å²) in [6, 6.07) is 0. The molecule has 0 aliphatic heterocycles. The highest BCUT2D eigenvalue weighted by Gasteiger charge is 2.36. The second-order valence-corrected chi connectivity index (χ2v) is 2.48. The van der Waals surface area contributed by atoms with E-state index in [2.05, 4.69) is 6.58 Å². The molecule has 0 fully saturated rings. The maximum absolute atomic E-state index is 12.6. The Morgan fingerprint density at radius 1 is 1.25 bits per heavy atom. The smallest absolute Gasteiger partial charge is 0.211 e. The Labute approximate surface area is 66.9 Å². The first-order valence-corrected chi connectivity index (χ1v) is 3.23. The van der Waals surface area contributed by atoms with Gasteiger partial charge in [0, 0.05) is 6.42 Å². The van der Waals surface area contributed by atoms with Crippen LogP contribution in [0.15, 0.2) is 35.7 Å². The molecule has 66 valence electrons. The lowest BCUT2D eigenvalue weighted by molar-refractivity contribution is -0.0902. The molecule has 4 heteroatoms. The zero-order chi connectivity index (χ0) is 9.35. The summed E-state index contributed by atoms with van der Waals surface area (Å²) < 4.78 is 48.5. The van der Waals surface area contributed by atoms with E-state index in [0.717, 1.165) is 0 Å². The van der Waals surface area contributed by atoms with E-state index in [1.807, 2.05) is 0 Å². The quantitative estimate of drug-likeness (QED) is 0.499. The predicted octanol–water partition coefficient (Wildman–Crippen LogP) is 3.29. The van der Waals surface area contributed by atoms with E-state index in [4.69, 9.17) is 0 Å². The summed E-state index contributed by atoms with van der Waals surface area (Å²) in [5.74, 6) is -1.16. The lowest BCUT2D eigenvalue weighted by Gasteiger charge is -2.13. The molecule has 1 aliphatic rings. The molecule has 0 N–H and O–H groups in total. The zero-order valence-corrected chi connectivity index (χ0v) is 6.08. The number of alkyl halides is 3. The number of hydrogen-bond donors (Lipinski definition) is 0. The van der Waals surface area contributed by atoms with Crippen LogP contribution in [0.3, 0.4) is 0 Å². The Bertz CT molecular complexity index is 267. The summed E-state index contributed by atoms with van der Waals surface area (Å²) >= 11 is 0. The van der Waals surface area contributed by atoms with Crippen molar-refractivity contribution in [2.75, 3.05) is 0 Å². The van der Waals surface area contributed by atoms with Crippen LogP contribution in [0.1, 0.15) is 6.42 Å². The van der Waals surface area contributed by atoms with E-state index >= 15 is 0 Å². The molecule has 0 spiro atoms. The fraction of sp³-hybridized carbons (Fsp3) is 0.250. The van der Waals surface area contributed by atoms with Crippen LogP contribution in [-0.4, -0.2) is 6.18 Å². The van der Waals surface area contributed by atoms with Crippen molar-refractivity contribution in [2.24, 2.45) is 0 Å². The molecule has 0 unspecified atom stereocenters. The molecule has 0 heterocycles. The summed E-state index contributed by atoms with van der Waals surface area (Å²) in [4.78, 5) is 0. The lowest BCUT2D eigenvalue weighted by Crippen LogP contribution is -2.13. The summed E-state index contributed by atoms with van der Waals surface area (Å²) in [7, 11) is 0. The first-order valence-electron chi connectivity index (χ1n) is 3.23. The minimum Gasteiger partial charge on any atom is -0.211 e. The monoisotopic (exact) mass is 178 g/mol. The van der Waals surface area contributed by atoms with E-state index in [1.165, 1.54) is 6.08 Å². The van der Waals surface area contributed by atoms with Crippen molar-refractivity contribution in [3.63, 3.8) is 0 Å². The molecular weight excluding hydrogens is 172 g/mol. The van der Waals surface area contributed by atoms with E-state index in [-0.39, 0.29) is 6.42 Å². The number of halogens is 4. The number of rotatable bonds is 0. The van der Waals surface area contributed by atoms with Crippen LogP contribution in [-0.2, 0) is 0 Å². The lowest BCUT2D eigenvalue weighted by atomic mass is 10.0. The van der Waals surface area contributed by atoms with Crippen molar-refractivity contribution in [1.82, 2.24) is 0 Å². The topological polar surface area (TPSA) is 0 Å². The molecule has 0 aromatic heterocycles. The molecular formula is C8H6F4. The molecule has 0 atom stereocenters. The van der Waals surface area contributed by atoms with Gasteiger partial charge < -0.3 is 0 Å². The van der Waals surface area contributed by atoms with Crippen molar-refractivity contribution in [1.29, 1.82) is 0 Å². The molecule has 0 saturated heterocycles. The second kappa shape index (κ2) is 2.77. The van der Waals surface area contributed by atoms with E-state index < -0.39 is 17.6 Å². The summed E-state index contributed by atoms with van der Waals surface area (Å²) in [5.41, 5.74) is -0.851. The van der Waals surface area contributed by atoms with Gasteiger partial charge in [-0.3, -0.25) is 0 Å². The minimum atomic E-state index is -4.60. The zero-order valence-electron chi connectivity index (χ0n) is 6.08. The normalized spacial score (nSPS) is 18.8. The molecule has 0 aromatic rings. The molecule has 1 rings (SSSR count). The third kappa shape index (κ3) is 1.75. The first kappa shape index (κ1) is 9.03. The Morgan fingerprint density at radius 2 is 1.83 bits per heavy atom. The molecule has 1 aliphatic carbocycles. The molecule has 0 amide bonds. The minimum absolute atomic E-state index is 0.342. The van der Waals surface area contributed by atoms with Crippen LogP contribution < -0.4 is 0 Å². The highest BCUT2D eigenvalue weighted by Crippen LogP contribution is 2.34. The van der Waals surface area contributed by atoms with Gasteiger partial charge in [0.1, 0.15) is 5.83 Å². The fourth-order valence-electron chi connectivity index (χ4n) is 0.893. The van der Waals surface area contributed by atoms with Gasteiger partial charge in [-0.2, -0.15) is 13.2 Å². The summed E-state index contributed by atoms with van der Waals surface area (Å²) in [6.45, 7) is 3.35. The highest BCUT2D eigenvalue weighted by molar-refractivity contribution is 5.39. The van der Waals surface area contributed by atoms with Crippen molar-refractivity contribution in [3.8, 4) is 0 Å². The van der Waals surface area contributed by atoms with Crippen molar-refractivity contribution >= 4 is 0 Å². The third-order valence-corrected chi connectivity index (χ3v) is 1.47. The SMILES string of the molecule is C=C1C=CC(C(F)(F)F)=C(F)C1. The van der Waals surface area contributed by atoms with Crippen LogP contribution >= 0.6 is 0 Å². The largest absolute Gasteiger partial charge is 0.418 e. The Kier molecular flexibility index (Phi) is 2.08. The van der Waals surface area contributed by atoms with Gasteiger partial charge in [0.05, 0.1) is 5.57 Å². The van der Waals surface area contributed by atoms with Gasteiger partial charge in [0.25, 0.3) is 0 Å². The first-order chi connectivity index (χ1) is 5.41. The van der Waals surface area contributed by atoms with Crippen LogP contribution in [0.4, 0.5) is 17.6 Å². The van der Waals surface area contributed by atoms with Crippen LogP contribution in [0, 0.1) is 0 Å². The molecule has 0 saturated carbocycles. The number of allylic oxidation sites excluding steroid dienone is 5. The summed E-state index contributed by atoms with van der Waals surface area (Å²) in [6.07, 6.45) is -3.06. The van der Waals surface area contributed by atoms with Gasteiger partial charge in [0.2, 0.25) is 0 Å². The van der Waals surface area contributed by atoms with Gasteiger partial charge in [0.15, 0.2) is 0 Å². The van der Waals surface area contributed by atoms with Crippen LogP contribution in [0.25, 0.3) is 0 Å². The van der Waals surface area contributed by atoms with Crippen molar-refractivity contribution in [3.05, 3.63) is 35.7 Å². The maximum Gasteiger partial charge on any atom is 0.418 e. The fourth-order valence-corrected chi connectivity index (χ4v) is 0.893. The average molecular weight is 178 g/mol. The average Bonchev–Trinajstić information content (AvgIpc) is 1.83. The molecule has 12 heavy (non-hydrogen) atoms.